The minimum Gasteiger partial charge on any atom is -0.379 e. The monoisotopic (exact) mass is 215 g/mol. The normalized spacial score (nSPS) is 12.7. The van der Waals surface area contributed by atoms with Crippen molar-refractivity contribution in [2.45, 2.75) is 33.3 Å². The van der Waals surface area contributed by atoms with Gasteiger partial charge in [-0.25, -0.2) is 0 Å². The van der Waals surface area contributed by atoms with Crippen LogP contribution >= 0.6 is 0 Å². The smallest absolute Gasteiger partial charge is 0.0784 e. The maximum absolute atomic E-state index is 5.57. The molecule has 3 heteroatoms. The van der Waals surface area contributed by atoms with E-state index >= 15 is 0 Å². The summed E-state index contributed by atoms with van der Waals surface area (Å²) in [5.74, 6) is 0. The van der Waals surface area contributed by atoms with Crippen LogP contribution in [0.5, 0.6) is 0 Å². The summed E-state index contributed by atoms with van der Waals surface area (Å²) in [7, 11) is 0. The SMILES string of the molecule is C=C(CNCCC)COC(C)COCC. The van der Waals surface area contributed by atoms with Crippen molar-refractivity contribution in [1.29, 1.82) is 0 Å². The molecule has 90 valence electrons. The molecule has 0 bridgehead atoms. The van der Waals surface area contributed by atoms with Gasteiger partial charge < -0.3 is 14.8 Å². The maximum atomic E-state index is 5.57. The van der Waals surface area contributed by atoms with Crippen molar-refractivity contribution in [3.05, 3.63) is 12.2 Å². The van der Waals surface area contributed by atoms with Gasteiger partial charge in [0, 0.05) is 13.2 Å². The van der Waals surface area contributed by atoms with Crippen LogP contribution in [0, 0.1) is 0 Å². The Morgan fingerprint density at radius 2 is 2.13 bits per heavy atom. The Morgan fingerprint density at radius 1 is 1.40 bits per heavy atom. The predicted octanol–water partition coefficient (Wildman–Crippen LogP) is 1.98. The van der Waals surface area contributed by atoms with Gasteiger partial charge in [0.1, 0.15) is 0 Å². The van der Waals surface area contributed by atoms with Gasteiger partial charge in [-0.2, -0.15) is 0 Å². The summed E-state index contributed by atoms with van der Waals surface area (Å²) in [6.45, 7) is 14.0. The number of rotatable bonds is 10. The minimum absolute atomic E-state index is 0.146. The van der Waals surface area contributed by atoms with E-state index in [0.717, 1.165) is 31.7 Å². The standard InChI is InChI=1S/C12H25NO2/c1-5-7-13-8-11(3)9-15-12(4)10-14-6-2/h12-13H,3,5-10H2,1-2,4H3. The van der Waals surface area contributed by atoms with E-state index in [1.165, 1.54) is 0 Å². The van der Waals surface area contributed by atoms with Gasteiger partial charge in [0.05, 0.1) is 19.3 Å². The largest absolute Gasteiger partial charge is 0.379 e. The second-order valence-corrected chi connectivity index (χ2v) is 3.71. The summed E-state index contributed by atoms with van der Waals surface area (Å²) >= 11 is 0. The molecule has 0 aromatic rings. The molecule has 15 heavy (non-hydrogen) atoms. The Kier molecular flexibility index (Phi) is 9.89. The molecule has 0 spiro atoms. The van der Waals surface area contributed by atoms with Crippen molar-refractivity contribution < 1.29 is 9.47 Å². The van der Waals surface area contributed by atoms with Crippen molar-refractivity contribution in [2.24, 2.45) is 0 Å². The molecule has 0 fully saturated rings. The zero-order valence-corrected chi connectivity index (χ0v) is 10.3. The first kappa shape index (κ1) is 14.6. The molecule has 0 radical (unpaired) electrons. The highest BCUT2D eigenvalue weighted by molar-refractivity contribution is 4.96. The Bertz CT molecular complexity index is 160. The third-order valence-electron chi connectivity index (χ3n) is 1.93. The summed E-state index contributed by atoms with van der Waals surface area (Å²) < 4.78 is 10.8. The van der Waals surface area contributed by atoms with Crippen molar-refractivity contribution in [3.63, 3.8) is 0 Å². The maximum Gasteiger partial charge on any atom is 0.0784 e. The molecule has 0 aliphatic rings. The Balaban J connectivity index is 3.36. The number of nitrogens with one attached hydrogen (secondary N) is 1. The second kappa shape index (κ2) is 10.1. The molecule has 1 atom stereocenters. The third kappa shape index (κ3) is 9.91. The fourth-order valence-corrected chi connectivity index (χ4v) is 1.09. The number of hydrogen-bond donors (Lipinski definition) is 1. The first-order chi connectivity index (χ1) is 7.20. The third-order valence-corrected chi connectivity index (χ3v) is 1.93. The van der Waals surface area contributed by atoms with Crippen LogP contribution in [0.2, 0.25) is 0 Å². The van der Waals surface area contributed by atoms with Crippen LogP contribution in [-0.2, 0) is 9.47 Å². The number of ether oxygens (including phenoxy) is 2. The summed E-state index contributed by atoms with van der Waals surface area (Å²) in [4.78, 5) is 0. The topological polar surface area (TPSA) is 30.5 Å². The molecule has 1 unspecified atom stereocenters. The van der Waals surface area contributed by atoms with Crippen molar-refractivity contribution in [2.75, 3.05) is 32.9 Å². The summed E-state index contributed by atoms with van der Waals surface area (Å²) in [6.07, 6.45) is 1.29. The van der Waals surface area contributed by atoms with E-state index in [0.29, 0.717) is 13.2 Å². The van der Waals surface area contributed by atoms with E-state index in [1.54, 1.807) is 0 Å². The molecule has 0 aliphatic carbocycles. The van der Waals surface area contributed by atoms with Crippen LogP contribution in [0.25, 0.3) is 0 Å². The van der Waals surface area contributed by atoms with Crippen molar-refractivity contribution in [3.8, 4) is 0 Å². The average Bonchev–Trinajstić information content (AvgIpc) is 2.24. The zero-order chi connectivity index (χ0) is 11.5. The van der Waals surface area contributed by atoms with Crippen molar-refractivity contribution in [1.82, 2.24) is 5.32 Å². The second-order valence-electron chi connectivity index (χ2n) is 3.71. The summed E-state index contributed by atoms with van der Waals surface area (Å²) in [5, 5.41) is 3.29. The molecule has 0 rings (SSSR count). The molecule has 0 saturated heterocycles. The molecule has 3 nitrogen and oxygen atoms in total. The Labute approximate surface area is 93.8 Å². The van der Waals surface area contributed by atoms with Crippen LogP contribution in [0.15, 0.2) is 12.2 Å². The van der Waals surface area contributed by atoms with E-state index in [2.05, 4.69) is 18.8 Å². The summed E-state index contributed by atoms with van der Waals surface area (Å²) in [5.41, 5.74) is 1.09. The first-order valence-electron chi connectivity index (χ1n) is 5.77. The molecule has 0 saturated carbocycles. The van der Waals surface area contributed by atoms with Gasteiger partial charge in [-0.3, -0.25) is 0 Å². The lowest BCUT2D eigenvalue weighted by Crippen LogP contribution is -2.22. The first-order valence-corrected chi connectivity index (χ1v) is 5.77. The van der Waals surface area contributed by atoms with Gasteiger partial charge >= 0.3 is 0 Å². The minimum atomic E-state index is 0.146. The van der Waals surface area contributed by atoms with Gasteiger partial charge in [0.15, 0.2) is 0 Å². The molecule has 0 heterocycles. The van der Waals surface area contributed by atoms with E-state index in [1.807, 2.05) is 13.8 Å². The van der Waals surface area contributed by atoms with Gasteiger partial charge in [-0.1, -0.05) is 13.5 Å². The fraction of sp³-hybridized carbons (Fsp3) is 0.833. The number of hydrogen-bond acceptors (Lipinski definition) is 3. The highest BCUT2D eigenvalue weighted by Gasteiger charge is 2.02. The van der Waals surface area contributed by atoms with Gasteiger partial charge in [0.25, 0.3) is 0 Å². The van der Waals surface area contributed by atoms with Crippen molar-refractivity contribution >= 4 is 0 Å². The van der Waals surface area contributed by atoms with Gasteiger partial charge in [0.2, 0.25) is 0 Å². The lowest BCUT2D eigenvalue weighted by Gasteiger charge is -2.14. The van der Waals surface area contributed by atoms with Gasteiger partial charge in [-0.15, -0.1) is 0 Å². The zero-order valence-electron chi connectivity index (χ0n) is 10.3. The quantitative estimate of drug-likeness (QED) is 0.446. The van der Waals surface area contributed by atoms with Crippen LogP contribution < -0.4 is 5.32 Å². The molecule has 0 aromatic carbocycles. The average molecular weight is 215 g/mol. The van der Waals surface area contributed by atoms with E-state index < -0.39 is 0 Å². The molecule has 0 amide bonds. The van der Waals surface area contributed by atoms with Gasteiger partial charge in [-0.05, 0) is 32.4 Å². The van der Waals surface area contributed by atoms with Crippen LogP contribution in [0.3, 0.4) is 0 Å². The van der Waals surface area contributed by atoms with E-state index in [4.69, 9.17) is 9.47 Å². The van der Waals surface area contributed by atoms with Crippen LogP contribution in [0.4, 0.5) is 0 Å². The molecule has 1 N–H and O–H groups in total. The highest BCUT2D eigenvalue weighted by atomic mass is 16.5. The Hall–Kier alpha value is -0.380. The highest BCUT2D eigenvalue weighted by Crippen LogP contribution is 1.96. The predicted molar refractivity (Wildman–Crippen MR) is 64.2 cm³/mol. The Morgan fingerprint density at radius 3 is 2.73 bits per heavy atom. The van der Waals surface area contributed by atoms with Crippen LogP contribution in [0.1, 0.15) is 27.2 Å². The fourth-order valence-electron chi connectivity index (χ4n) is 1.09. The van der Waals surface area contributed by atoms with E-state index in [-0.39, 0.29) is 6.10 Å². The molecule has 0 aliphatic heterocycles. The molecular formula is C12H25NO2. The summed E-state index contributed by atoms with van der Waals surface area (Å²) in [6, 6.07) is 0. The lowest BCUT2D eigenvalue weighted by atomic mass is 10.3. The molecular weight excluding hydrogens is 190 g/mol. The van der Waals surface area contributed by atoms with E-state index in [9.17, 15) is 0 Å². The molecule has 0 aromatic heterocycles. The lowest BCUT2D eigenvalue weighted by molar-refractivity contribution is 0.00565. The van der Waals surface area contributed by atoms with Crippen LogP contribution in [-0.4, -0.2) is 39.0 Å².